The molecule has 1 aliphatic heterocycles. The maximum Gasteiger partial charge on any atom is 0.123 e. The molecule has 16 heavy (non-hydrogen) atoms. The Morgan fingerprint density at radius 1 is 1.44 bits per heavy atom. The lowest BCUT2D eigenvalue weighted by Gasteiger charge is -2.17. The van der Waals surface area contributed by atoms with E-state index >= 15 is 0 Å². The summed E-state index contributed by atoms with van der Waals surface area (Å²) in [5, 5.41) is 6.93. The largest absolute Gasteiger partial charge is 0.313 e. The van der Waals surface area contributed by atoms with Gasteiger partial charge in [0.15, 0.2) is 0 Å². The van der Waals surface area contributed by atoms with Crippen LogP contribution in [0.1, 0.15) is 31.4 Å². The normalized spacial score (nSPS) is 22.2. The molecule has 0 bridgehead atoms. The van der Waals surface area contributed by atoms with Gasteiger partial charge >= 0.3 is 0 Å². The molecule has 1 aromatic carbocycles. The predicted molar refractivity (Wildman–Crippen MR) is 63.8 cm³/mol. The lowest BCUT2D eigenvalue weighted by molar-refractivity contribution is 0.489. The summed E-state index contributed by atoms with van der Waals surface area (Å²) < 4.78 is 12.8. The molecule has 1 aliphatic rings. The van der Waals surface area contributed by atoms with E-state index in [9.17, 15) is 4.39 Å². The van der Waals surface area contributed by atoms with Crippen LogP contribution in [0.3, 0.4) is 0 Å². The van der Waals surface area contributed by atoms with Gasteiger partial charge in [-0.25, -0.2) is 4.39 Å². The SMILES string of the molecule is C[C@@H](NCC1CCCN1)c1ccc(F)cc1. The third kappa shape index (κ3) is 3.03. The monoisotopic (exact) mass is 222 g/mol. The highest BCUT2D eigenvalue weighted by Gasteiger charge is 2.14. The lowest BCUT2D eigenvalue weighted by Crippen LogP contribution is -2.35. The van der Waals surface area contributed by atoms with Gasteiger partial charge in [0.1, 0.15) is 5.82 Å². The first-order valence-electron chi connectivity index (χ1n) is 5.98. The van der Waals surface area contributed by atoms with Crippen molar-refractivity contribution in [3.8, 4) is 0 Å². The molecule has 1 heterocycles. The average Bonchev–Trinajstić information content (AvgIpc) is 2.80. The van der Waals surface area contributed by atoms with E-state index in [0.29, 0.717) is 6.04 Å². The van der Waals surface area contributed by atoms with Crippen molar-refractivity contribution >= 4 is 0 Å². The molecule has 1 unspecified atom stereocenters. The molecule has 0 aromatic heterocycles. The van der Waals surface area contributed by atoms with Gasteiger partial charge in [0.05, 0.1) is 0 Å². The van der Waals surface area contributed by atoms with E-state index in [1.165, 1.54) is 25.0 Å². The van der Waals surface area contributed by atoms with Gasteiger partial charge in [-0.05, 0) is 44.0 Å². The van der Waals surface area contributed by atoms with E-state index in [0.717, 1.165) is 18.7 Å². The van der Waals surface area contributed by atoms with Crippen LogP contribution in [0.25, 0.3) is 0 Å². The molecular weight excluding hydrogens is 203 g/mol. The summed E-state index contributed by atoms with van der Waals surface area (Å²) in [6.07, 6.45) is 2.53. The first kappa shape index (κ1) is 11.6. The summed E-state index contributed by atoms with van der Waals surface area (Å²) in [6.45, 7) is 4.23. The molecule has 1 fully saturated rings. The van der Waals surface area contributed by atoms with Crippen LogP contribution in [-0.4, -0.2) is 19.1 Å². The zero-order valence-corrected chi connectivity index (χ0v) is 9.67. The Kier molecular flexibility index (Phi) is 3.91. The van der Waals surface area contributed by atoms with Crippen LogP contribution < -0.4 is 10.6 Å². The first-order chi connectivity index (χ1) is 7.75. The predicted octanol–water partition coefficient (Wildman–Crippen LogP) is 2.23. The van der Waals surface area contributed by atoms with E-state index in [-0.39, 0.29) is 11.9 Å². The van der Waals surface area contributed by atoms with Gasteiger partial charge in [-0.3, -0.25) is 0 Å². The maximum absolute atomic E-state index is 12.8. The molecule has 88 valence electrons. The van der Waals surface area contributed by atoms with Gasteiger partial charge in [0, 0.05) is 18.6 Å². The van der Waals surface area contributed by atoms with Crippen molar-refractivity contribution in [2.24, 2.45) is 0 Å². The number of rotatable bonds is 4. The highest BCUT2D eigenvalue weighted by molar-refractivity contribution is 5.19. The molecule has 1 aromatic rings. The Bertz CT molecular complexity index is 317. The molecule has 2 nitrogen and oxygen atoms in total. The zero-order valence-electron chi connectivity index (χ0n) is 9.67. The van der Waals surface area contributed by atoms with Crippen molar-refractivity contribution in [3.05, 3.63) is 35.6 Å². The Labute approximate surface area is 96.2 Å². The molecular formula is C13H19FN2. The standard InChI is InChI=1S/C13H19FN2/c1-10(11-4-6-12(14)7-5-11)16-9-13-3-2-8-15-13/h4-7,10,13,15-16H,2-3,8-9H2,1H3/t10-,13?/m1/s1. The van der Waals surface area contributed by atoms with Crippen molar-refractivity contribution in [2.75, 3.05) is 13.1 Å². The highest BCUT2D eigenvalue weighted by Crippen LogP contribution is 2.13. The second-order valence-corrected chi connectivity index (χ2v) is 4.47. The quantitative estimate of drug-likeness (QED) is 0.816. The minimum Gasteiger partial charge on any atom is -0.313 e. The first-order valence-corrected chi connectivity index (χ1v) is 5.98. The van der Waals surface area contributed by atoms with Gasteiger partial charge in [-0.1, -0.05) is 12.1 Å². The van der Waals surface area contributed by atoms with Crippen LogP contribution in [0, 0.1) is 5.82 Å². The Balaban J connectivity index is 1.82. The molecule has 0 saturated carbocycles. The van der Waals surface area contributed by atoms with Gasteiger partial charge in [-0.2, -0.15) is 0 Å². The van der Waals surface area contributed by atoms with E-state index < -0.39 is 0 Å². The minimum absolute atomic E-state index is 0.173. The van der Waals surface area contributed by atoms with E-state index in [4.69, 9.17) is 0 Å². The van der Waals surface area contributed by atoms with Crippen molar-refractivity contribution in [1.82, 2.24) is 10.6 Å². The van der Waals surface area contributed by atoms with E-state index in [2.05, 4.69) is 17.6 Å². The second kappa shape index (κ2) is 5.41. The van der Waals surface area contributed by atoms with Crippen LogP contribution >= 0.6 is 0 Å². The van der Waals surface area contributed by atoms with Gasteiger partial charge in [0.2, 0.25) is 0 Å². The minimum atomic E-state index is -0.173. The summed E-state index contributed by atoms with van der Waals surface area (Å²) in [4.78, 5) is 0. The number of hydrogen-bond acceptors (Lipinski definition) is 2. The fraction of sp³-hybridized carbons (Fsp3) is 0.538. The summed E-state index contributed by atoms with van der Waals surface area (Å²) in [7, 11) is 0. The molecule has 0 spiro atoms. The molecule has 1 saturated heterocycles. The number of halogens is 1. The molecule has 3 heteroatoms. The van der Waals surface area contributed by atoms with Gasteiger partial charge < -0.3 is 10.6 Å². The van der Waals surface area contributed by atoms with Gasteiger partial charge in [0.25, 0.3) is 0 Å². The topological polar surface area (TPSA) is 24.1 Å². The van der Waals surface area contributed by atoms with Gasteiger partial charge in [-0.15, -0.1) is 0 Å². The third-order valence-corrected chi connectivity index (χ3v) is 3.20. The average molecular weight is 222 g/mol. The highest BCUT2D eigenvalue weighted by atomic mass is 19.1. The number of benzene rings is 1. The number of nitrogens with one attached hydrogen (secondary N) is 2. The molecule has 2 rings (SSSR count). The molecule has 0 amide bonds. The van der Waals surface area contributed by atoms with Crippen LogP contribution in [0.15, 0.2) is 24.3 Å². The van der Waals surface area contributed by atoms with Crippen LogP contribution in [0.2, 0.25) is 0 Å². The van der Waals surface area contributed by atoms with E-state index in [1.54, 1.807) is 0 Å². The van der Waals surface area contributed by atoms with Crippen LogP contribution in [0.5, 0.6) is 0 Å². The van der Waals surface area contributed by atoms with Crippen molar-refractivity contribution in [1.29, 1.82) is 0 Å². The summed E-state index contributed by atoms with van der Waals surface area (Å²) in [5.74, 6) is -0.173. The Morgan fingerprint density at radius 3 is 2.81 bits per heavy atom. The summed E-state index contributed by atoms with van der Waals surface area (Å²) in [6, 6.07) is 7.60. The fourth-order valence-corrected chi connectivity index (χ4v) is 2.12. The second-order valence-electron chi connectivity index (χ2n) is 4.47. The van der Waals surface area contributed by atoms with Crippen molar-refractivity contribution in [2.45, 2.75) is 31.8 Å². The lowest BCUT2D eigenvalue weighted by atomic mass is 10.1. The molecule has 0 aliphatic carbocycles. The van der Waals surface area contributed by atoms with Crippen LogP contribution in [-0.2, 0) is 0 Å². The van der Waals surface area contributed by atoms with E-state index in [1.807, 2.05) is 12.1 Å². The maximum atomic E-state index is 12.8. The van der Waals surface area contributed by atoms with Crippen molar-refractivity contribution < 1.29 is 4.39 Å². The third-order valence-electron chi connectivity index (χ3n) is 3.20. The molecule has 2 N–H and O–H groups in total. The molecule has 2 atom stereocenters. The summed E-state index contributed by atoms with van der Waals surface area (Å²) in [5.41, 5.74) is 1.14. The number of hydrogen-bond donors (Lipinski definition) is 2. The van der Waals surface area contributed by atoms with Crippen molar-refractivity contribution in [3.63, 3.8) is 0 Å². The smallest absolute Gasteiger partial charge is 0.123 e. The fourth-order valence-electron chi connectivity index (χ4n) is 2.12. The Hall–Kier alpha value is -0.930. The summed E-state index contributed by atoms with van der Waals surface area (Å²) >= 11 is 0. The Morgan fingerprint density at radius 2 is 2.19 bits per heavy atom. The zero-order chi connectivity index (χ0) is 11.4. The van der Waals surface area contributed by atoms with Crippen LogP contribution in [0.4, 0.5) is 4.39 Å². The molecule has 0 radical (unpaired) electrons.